The summed E-state index contributed by atoms with van der Waals surface area (Å²) in [5, 5.41) is 19.7. The van der Waals surface area contributed by atoms with Gasteiger partial charge in [0, 0.05) is 0 Å². The molecular formula is C27H50O2. The minimum atomic E-state index is -0.128. The predicted molar refractivity (Wildman–Crippen MR) is 123 cm³/mol. The molecule has 0 bridgehead atoms. The summed E-state index contributed by atoms with van der Waals surface area (Å²) in [7, 11) is 0. The summed E-state index contributed by atoms with van der Waals surface area (Å²) in [6.07, 6.45) is 16.8. The van der Waals surface area contributed by atoms with Crippen molar-refractivity contribution in [1.82, 2.24) is 0 Å². The van der Waals surface area contributed by atoms with Crippen molar-refractivity contribution >= 4 is 0 Å². The van der Waals surface area contributed by atoms with Crippen LogP contribution < -0.4 is 0 Å². The maximum absolute atomic E-state index is 10.2. The lowest BCUT2D eigenvalue weighted by Crippen LogP contribution is -2.53. The highest BCUT2D eigenvalue weighted by Gasteiger charge is 2.59. The second kappa shape index (κ2) is 9.60. The van der Waals surface area contributed by atoms with E-state index in [0.29, 0.717) is 10.8 Å². The van der Waals surface area contributed by atoms with Gasteiger partial charge in [-0.05, 0) is 118 Å². The fourth-order valence-electron chi connectivity index (χ4n) is 8.65. The third-order valence-corrected chi connectivity index (χ3v) is 10.3. The summed E-state index contributed by atoms with van der Waals surface area (Å²) in [6.45, 7) is 11.2. The van der Waals surface area contributed by atoms with Gasteiger partial charge in [-0.1, -0.05) is 40.5 Å². The third kappa shape index (κ3) is 4.45. The molecule has 4 saturated carbocycles. The van der Waals surface area contributed by atoms with Crippen molar-refractivity contribution in [3.8, 4) is 0 Å². The van der Waals surface area contributed by atoms with Crippen molar-refractivity contribution in [3.63, 3.8) is 0 Å². The quantitative estimate of drug-likeness (QED) is 0.484. The minimum absolute atomic E-state index is 0.0222. The van der Waals surface area contributed by atoms with Crippen molar-refractivity contribution in [2.75, 3.05) is 0 Å². The molecule has 0 aliphatic heterocycles. The van der Waals surface area contributed by atoms with E-state index in [1.54, 1.807) is 0 Å². The Morgan fingerprint density at radius 1 is 0.862 bits per heavy atom. The van der Waals surface area contributed by atoms with Crippen LogP contribution in [-0.2, 0) is 0 Å². The molecule has 2 nitrogen and oxygen atoms in total. The van der Waals surface area contributed by atoms with E-state index in [1.807, 2.05) is 20.8 Å². The minimum Gasteiger partial charge on any atom is -0.393 e. The Balaban J connectivity index is 0.00000117. The first-order chi connectivity index (χ1) is 13.8. The standard InChI is InChI=1S/C25H44O2.C2H6/c1-17(26)6-4-5-7-18-9-11-22-21-10-8-19-16-20(27)12-14-25(19,3)23(21)13-15-24(18,22)2;1-2/h17-23,26-27H,4-16H2,1-3H3;1-2H3/t17?,18-,19?,20?,21?,22?,23?,24?,25?;/m0./s1. The van der Waals surface area contributed by atoms with Gasteiger partial charge in [0.25, 0.3) is 0 Å². The van der Waals surface area contributed by atoms with Crippen molar-refractivity contribution in [2.24, 2.45) is 40.4 Å². The van der Waals surface area contributed by atoms with Gasteiger partial charge in [0.05, 0.1) is 12.2 Å². The van der Waals surface area contributed by atoms with Crippen molar-refractivity contribution in [2.45, 2.75) is 130 Å². The molecule has 0 spiro atoms. The number of aliphatic hydroxyl groups is 2. The zero-order valence-corrected chi connectivity index (χ0v) is 20.1. The Labute approximate surface area is 181 Å². The molecule has 2 N–H and O–H groups in total. The van der Waals surface area contributed by atoms with Gasteiger partial charge in [-0.15, -0.1) is 0 Å². The average molecular weight is 407 g/mol. The van der Waals surface area contributed by atoms with Gasteiger partial charge < -0.3 is 10.2 Å². The topological polar surface area (TPSA) is 40.5 Å². The summed E-state index contributed by atoms with van der Waals surface area (Å²) in [6, 6.07) is 0. The van der Waals surface area contributed by atoms with E-state index < -0.39 is 0 Å². The zero-order valence-electron chi connectivity index (χ0n) is 20.1. The van der Waals surface area contributed by atoms with Gasteiger partial charge in [0.15, 0.2) is 0 Å². The highest BCUT2D eigenvalue weighted by Crippen LogP contribution is 2.67. The average Bonchev–Trinajstić information content (AvgIpc) is 3.03. The first kappa shape index (κ1) is 23.6. The fourth-order valence-corrected chi connectivity index (χ4v) is 8.65. The molecule has 4 fully saturated rings. The first-order valence-electron chi connectivity index (χ1n) is 13.2. The van der Waals surface area contributed by atoms with Crippen LogP contribution in [0.25, 0.3) is 0 Å². The van der Waals surface area contributed by atoms with Crippen LogP contribution in [-0.4, -0.2) is 22.4 Å². The number of rotatable bonds is 5. The van der Waals surface area contributed by atoms with E-state index in [4.69, 9.17) is 0 Å². The van der Waals surface area contributed by atoms with Crippen molar-refractivity contribution in [1.29, 1.82) is 0 Å². The summed E-state index contributed by atoms with van der Waals surface area (Å²) >= 11 is 0. The van der Waals surface area contributed by atoms with Crippen LogP contribution in [0.3, 0.4) is 0 Å². The lowest BCUT2D eigenvalue weighted by molar-refractivity contribution is -0.127. The molecule has 4 rings (SSSR count). The molecular weight excluding hydrogens is 356 g/mol. The second-order valence-corrected chi connectivity index (χ2v) is 11.5. The van der Waals surface area contributed by atoms with Crippen LogP contribution in [0.2, 0.25) is 0 Å². The Bertz CT molecular complexity index is 517. The lowest BCUT2D eigenvalue weighted by Gasteiger charge is -2.61. The second-order valence-electron chi connectivity index (χ2n) is 11.5. The molecule has 8 unspecified atom stereocenters. The van der Waals surface area contributed by atoms with Gasteiger partial charge in [-0.25, -0.2) is 0 Å². The highest BCUT2D eigenvalue weighted by molar-refractivity contribution is 5.09. The number of aliphatic hydroxyl groups excluding tert-OH is 2. The predicted octanol–water partition coefficient (Wildman–Crippen LogP) is 6.97. The summed E-state index contributed by atoms with van der Waals surface area (Å²) in [5.74, 6) is 4.56. The van der Waals surface area contributed by atoms with Gasteiger partial charge in [-0.3, -0.25) is 0 Å². The Hall–Kier alpha value is -0.0800. The zero-order chi connectivity index (χ0) is 21.2. The number of unbranched alkanes of at least 4 members (excludes halogenated alkanes) is 1. The smallest absolute Gasteiger partial charge is 0.0543 e. The van der Waals surface area contributed by atoms with E-state index in [0.717, 1.165) is 48.9 Å². The Morgan fingerprint density at radius 3 is 2.28 bits per heavy atom. The van der Waals surface area contributed by atoms with E-state index in [9.17, 15) is 10.2 Å². The molecule has 0 amide bonds. The number of hydrogen-bond acceptors (Lipinski definition) is 2. The molecule has 0 aromatic heterocycles. The normalized spacial score (nSPS) is 47.3. The molecule has 0 radical (unpaired) electrons. The lowest BCUT2D eigenvalue weighted by atomic mass is 9.44. The molecule has 0 aromatic carbocycles. The maximum Gasteiger partial charge on any atom is 0.0543 e. The van der Waals surface area contributed by atoms with Crippen LogP contribution in [0.1, 0.15) is 118 Å². The van der Waals surface area contributed by atoms with Crippen molar-refractivity contribution in [3.05, 3.63) is 0 Å². The molecule has 170 valence electrons. The van der Waals surface area contributed by atoms with E-state index >= 15 is 0 Å². The summed E-state index contributed by atoms with van der Waals surface area (Å²) in [4.78, 5) is 0. The molecule has 0 aromatic rings. The Morgan fingerprint density at radius 2 is 1.55 bits per heavy atom. The molecule has 0 saturated heterocycles. The van der Waals surface area contributed by atoms with Crippen LogP contribution in [0.15, 0.2) is 0 Å². The van der Waals surface area contributed by atoms with Gasteiger partial charge in [-0.2, -0.15) is 0 Å². The van der Waals surface area contributed by atoms with Crippen LogP contribution in [0.5, 0.6) is 0 Å². The first-order valence-corrected chi connectivity index (χ1v) is 13.2. The maximum atomic E-state index is 10.2. The third-order valence-electron chi connectivity index (χ3n) is 10.3. The Kier molecular flexibility index (Phi) is 7.80. The van der Waals surface area contributed by atoms with E-state index in [2.05, 4.69) is 13.8 Å². The molecule has 2 heteroatoms. The van der Waals surface area contributed by atoms with Gasteiger partial charge in [0.1, 0.15) is 0 Å². The van der Waals surface area contributed by atoms with Crippen LogP contribution >= 0.6 is 0 Å². The molecule has 29 heavy (non-hydrogen) atoms. The van der Waals surface area contributed by atoms with E-state index in [-0.39, 0.29) is 12.2 Å². The summed E-state index contributed by atoms with van der Waals surface area (Å²) in [5.41, 5.74) is 1.10. The molecule has 4 aliphatic rings. The van der Waals surface area contributed by atoms with E-state index in [1.165, 1.54) is 64.2 Å². The summed E-state index contributed by atoms with van der Waals surface area (Å²) < 4.78 is 0. The molecule has 9 atom stereocenters. The SMILES string of the molecule is CC.CC(O)CCCC[C@H]1CCC2C3CCC4CC(O)CCC4(C)C3CCC21C. The van der Waals surface area contributed by atoms with Gasteiger partial charge >= 0.3 is 0 Å². The van der Waals surface area contributed by atoms with Crippen LogP contribution in [0.4, 0.5) is 0 Å². The van der Waals surface area contributed by atoms with Gasteiger partial charge in [0.2, 0.25) is 0 Å². The largest absolute Gasteiger partial charge is 0.393 e. The fraction of sp³-hybridized carbons (Fsp3) is 1.00. The van der Waals surface area contributed by atoms with Crippen molar-refractivity contribution < 1.29 is 10.2 Å². The monoisotopic (exact) mass is 406 g/mol. The molecule has 4 aliphatic carbocycles. The highest BCUT2D eigenvalue weighted by atomic mass is 16.3. The number of hydrogen-bond donors (Lipinski definition) is 2. The van der Waals surface area contributed by atoms with Crippen LogP contribution in [0, 0.1) is 40.4 Å². The number of fused-ring (bicyclic) bond motifs is 5. The molecule has 0 heterocycles.